The fraction of sp³-hybridized carbons (Fsp3) is 0.500. The maximum Gasteiger partial charge on any atom is 0.299 e. The lowest BCUT2D eigenvalue weighted by Gasteiger charge is -2.24. The van der Waals surface area contributed by atoms with Crippen molar-refractivity contribution < 1.29 is 17.7 Å². The average Bonchev–Trinajstić information content (AvgIpc) is 2.16. The quantitative estimate of drug-likeness (QED) is 0.666. The first-order chi connectivity index (χ1) is 7.63. The minimum absolute atomic E-state index is 0.0476. The van der Waals surface area contributed by atoms with Crippen LogP contribution in [0.15, 0.2) is 29.2 Å². The van der Waals surface area contributed by atoms with E-state index in [1.54, 1.807) is 32.9 Å². The normalized spacial score (nSPS) is 14.6. The lowest BCUT2D eigenvalue weighted by molar-refractivity contribution is -0.0890. The molecule has 5 heteroatoms. The Morgan fingerprint density at radius 2 is 1.65 bits per heavy atom. The minimum Gasteiger partial charge on any atom is -0.366 e. The van der Waals surface area contributed by atoms with E-state index in [1.807, 2.05) is 6.92 Å². The van der Waals surface area contributed by atoms with E-state index in [-0.39, 0.29) is 4.90 Å². The first kappa shape index (κ1) is 14.2. The lowest BCUT2D eigenvalue weighted by Crippen LogP contribution is -2.31. The third-order valence-electron chi connectivity index (χ3n) is 2.27. The monoisotopic (exact) mass is 258 g/mol. The Morgan fingerprint density at radius 1 is 1.18 bits per heavy atom. The molecule has 0 spiro atoms. The molecule has 0 aromatic heterocycles. The van der Waals surface area contributed by atoms with Crippen molar-refractivity contribution in [1.82, 2.24) is 0 Å². The van der Waals surface area contributed by atoms with Gasteiger partial charge in [0.05, 0.1) is 4.90 Å². The molecule has 1 atom stereocenters. The molecule has 17 heavy (non-hydrogen) atoms. The van der Waals surface area contributed by atoms with Crippen LogP contribution < -0.4 is 0 Å². The number of hydrogen-bond donors (Lipinski definition) is 1. The molecule has 0 amide bonds. The van der Waals surface area contributed by atoms with Crippen LogP contribution in [0.3, 0.4) is 0 Å². The summed E-state index contributed by atoms with van der Waals surface area (Å²) in [6.07, 6.45) is -1.37. The number of aliphatic hydroxyl groups is 1. The summed E-state index contributed by atoms with van der Waals surface area (Å²) in [5.41, 5.74) is 0.304. The Kier molecular flexibility index (Phi) is 3.96. The van der Waals surface area contributed by atoms with Crippen molar-refractivity contribution in [3.63, 3.8) is 0 Å². The van der Waals surface area contributed by atoms with Crippen molar-refractivity contribution in [3.05, 3.63) is 29.8 Å². The molecule has 1 rings (SSSR count). The second-order valence-electron chi connectivity index (χ2n) is 5.08. The molecule has 96 valence electrons. The van der Waals surface area contributed by atoms with E-state index in [1.165, 1.54) is 12.1 Å². The average molecular weight is 258 g/mol. The van der Waals surface area contributed by atoms with Crippen LogP contribution >= 0.6 is 0 Å². The number of aryl methyl sites for hydroxylation is 1. The number of hydrogen-bond acceptors (Lipinski definition) is 4. The molecule has 1 aromatic rings. The van der Waals surface area contributed by atoms with E-state index in [9.17, 15) is 13.5 Å². The van der Waals surface area contributed by atoms with E-state index in [2.05, 4.69) is 0 Å². The maximum atomic E-state index is 11.8. The second-order valence-corrected chi connectivity index (χ2v) is 6.65. The highest BCUT2D eigenvalue weighted by Crippen LogP contribution is 2.24. The fourth-order valence-electron chi connectivity index (χ4n) is 1.02. The highest BCUT2D eigenvalue weighted by Gasteiger charge is 2.29. The Bertz CT molecular complexity index is 468. The molecule has 0 radical (unpaired) electrons. The van der Waals surface area contributed by atoms with Gasteiger partial charge in [-0.05, 0) is 19.1 Å². The van der Waals surface area contributed by atoms with Crippen LogP contribution in [-0.2, 0) is 14.3 Å². The van der Waals surface area contributed by atoms with Crippen molar-refractivity contribution in [3.8, 4) is 0 Å². The van der Waals surface area contributed by atoms with Crippen LogP contribution in [0, 0.1) is 12.3 Å². The fourth-order valence-corrected chi connectivity index (χ4v) is 2.13. The molecule has 4 nitrogen and oxygen atoms in total. The van der Waals surface area contributed by atoms with Gasteiger partial charge in [-0.2, -0.15) is 8.42 Å². The lowest BCUT2D eigenvalue weighted by atomic mass is 9.96. The minimum atomic E-state index is -3.91. The Morgan fingerprint density at radius 3 is 2.06 bits per heavy atom. The van der Waals surface area contributed by atoms with Crippen LogP contribution in [0.25, 0.3) is 0 Å². The zero-order chi connectivity index (χ0) is 13.3. The SMILES string of the molecule is Cc1ccc(S(=O)(=O)OC(O)C(C)(C)C)cc1. The van der Waals surface area contributed by atoms with Gasteiger partial charge in [-0.1, -0.05) is 38.5 Å². The number of aliphatic hydroxyl groups excluding tert-OH is 1. The Labute approximate surface area is 102 Å². The molecule has 1 N–H and O–H groups in total. The molecule has 0 fully saturated rings. The van der Waals surface area contributed by atoms with E-state index in [4.69, 9.17) is 4.18 Å². The summed E-state index contributed by atoms with van der Waals surface area (Å²) < 4.78 is 28.4. The van der Waals surface area contributed by atoms with Gasteiger partial charge >= 0.3 is 0 Å². The molecule has 0 aliphatic heterocycles. The zero-order valence-electron chi connectivity index (χ0n) is 10.5. The molecule has 1 unspecified atom stereocenters. The summed E-state index contributed by atoms with van der Waals surface area (Å²) in [7, 11) is -3.91. The zero-order valence-corrected chi connectivity index (χ0v) is 11.3. The highest BCUT2D eigenvalue weighted by atomic mass is 32.2. The summed E-state index contributed by atoms with van der Waals surface area (Å²) in [6, 6.07) is 6.28. The van der Waals surface area contributed by atoms with Gasteiger partial charge in [-0.25, -0.2) is 4.18 Å². The third-order valence-corrected chi connectivity index (χ3v) is 3.55. The molecular formula is C12H18O4S. The Balaban J connectivity index is 2.94. The molecule has 0 aliphatic carbocycles. The van der Waals surface area contributed by atoms with Gasteiger partial charge in [0.2, 0.25) is 0 Å². The van der Waals surface area contributed by atoms with Crippen LogP contribution in [0.1, 0.15) is 26.3 Å². The molecular weight excluding hydrogens is 240 g/mol. The largest absolute Gasteiger partial charge is 0.366 e. The molecule has 1 aromatic carbocycles. The topological polar surface area (TPSA) is 63.6 Å². The third kappa shape index (κ3) is 3.80. The van der Waals surface area contributed by atoms with E-state index >= 15 is 0 Å². The summed E-state index contributed by atoms with van der Waals surface area (Å²) in [5, 5.41) is 9.64. The van der Waals surface area contributed by atoms with Crippen molar-refractivity contribution in [2.45, 2.75) is 38.9 Å². The van der Waals surface area contributed by atoms with Gasteiger partial charge in [-0.15, -0.1) is 0 Å². The van der Waals surface area contributed by atoms with E-state index in [0.29, 0.717) is 0 Å². The van der Waals surface area contributed by atoms with E-state index < -0.39 is 21.8 Å². The van der Waals surface area contributed by atoms with E-state index in [0.717, 1.165) is 5.56 Å². The van der Waals surface area contributed by atoms with Crippen LogP contribution in [-0.4, -0.2) is 19.8 Å². The van der Waals surface area contributed by atoms with Crippen molar-refractivity contribution >= 4 is 10.1 Å². The predicted octanol–water partition coefficient (Wildman–Crippen LogP) is 2.06. The first-order valence-electron chi connectivity index (χ1n) is 5.31. The second kappa shape index (κ2) is 4.76. The standard InChI is InChI=1S/C12H18O4S/c1-9-5-7-10(8-6-9)17(14,15)16-11(13)12(2,3)4/h5-8,11,13H,1-4H3. The molecule has 0 saturated carbocycles. The molecule has 0 saturated heterocycles. The van der Waals surface area contributed by atoms with Gasteiger partial charge in [0.25, 0.3) is 10.1 Å². The smallest absolute Gasteiger partial charge is 0.299 e. The van der Waals surface area contributed by atoms with Crippen molar-refractivity contribution in [1.29, 1.82) is 0 Å². The summed E-state index contributed by atoms with van der Waals surface area (Å²) >= 11 is 0. The highest BCUT2D eigenvalue weighted by molar-refractivity contribution is 7.86. The Hall–Kier alpha value is -0.910. The van der Waals surface area contributed by atoms with Crippen LogP contribution in [0.2, 0.25) is 0 Å². The van der Waals surface area contributed by atoms with Crippen molar-refractivity contribution in [2.24, 2.45) is 5.41 Å². The van der Waals surface area contributed by atoms with Gasteiger partial charge in [-0.3, -0.25) is 0 Å². The number of benzene rings is 1. The summed E-state index contributed by atoms with van der Waals surface area (Å²) in [6.45, 7) is 6.95. The number of rotatable bonds is 3. The van der Waals surface area contributed by atoms with Gasteiger partial charge < -0.3 is 5.11 Å². The first-order valence-corrected chi connectivity index (χ1v) is 6.72. The van der Waals surface area contributed by atoms with Gasteiger partial charge in [0, 0.05) is 5.41 Å². The molecule has 0 heterocycles. The van der Waals surface area contributed by atoms with Crippen molar-refractivity contribution in [2.75, 3.05) is 0 Å². The summed E-state index contributed by atoms with van der Waals surface area (Å²) in [5.74, 6) is 0. The van der Waals surface area contributed by atoms with Gasteiger partial charge in [0.1, 0.15) is 0 Å². The van der Waals surface area contributed by atoms with Gasteiger partial charge in [0.15, 0.2) is 6.29 Å². The van der Waals surface area contributed by atoms with Crippen LogP contribution in [0.5, 0.6) is 0 Å². The maximum absolute atomic E-state index is 11.8. The summed E-state index contributed by atoms with van der Waals surface area (Å²) in [4.78, 5) is 0.0476. The molecule has 0 aliphatic rings. The predicted molar refractivity (Wildman–Crippen MR) is 64.9 cm³/mol. The molecule has 0 bridgehead atoms. The van der Waals surface area contributed by atoms with Crippen LogP contribution in [0.4, 0.5) is 0 Å².